The van der Waals surface area contributed by atoms with E-state index in [4.69, 9.17) is 38.7 Å². The number of amidine groups is 1. The summed E-state index contributed by atoms with van der Waals surface area (Å²) < 4.78 is 58.4. The van der Waals surface area contributed by atoms with E-state index in [-0.39, 0.29) is 83.7 Å². The molecule has 0 spiro atoms. The number of amides is 2. The maximum absolute atomic E-state index is 17.2. The van der Waals surface area contributed by atoms with Crippen LogP contribution >= 0.6 is 55.8 Å². The number of anilines is 2. The molecule has 0 aliphatic carbocycles. The van der Waals surface area contributed by atoms with Crippen LogP contribution in [0.4, 0.5) is 28.8 Å². The molecule has 2 N–H and O–H groups in total. The van der Waals surface area contributed by atoms with Gasteiger partial charge in [0.2, 0.25) is 5.29 Å². The van der Waals surface area contributed by atoms with Crippen molar-refractivity contribution in [1.29, 1.82) is 5.26 Å². The van der Waals surface area contributed by atoms with Crippen LogP contribution in [0.15, 0.2) is 26.4 Å². The number of hydrogen-bond donors (Lipinski definition) is 1. The third-order valence-electron chi connectivity index (χ3n) is 10.5. The summed E-state index contributed by atoms with van der Waals surface area (Å²) in [5.41, 5.74) is 5.58. The zero-order valence-electron chi connectivity index (χ0n) is 27.7. The van der Waals surface area contributed by atoms with Gasteiger partial charge in [-0.2, -0.15) is 18.4 Å². The molecule has 0 bridgehead atoms. The molecule has 0 radical (unpaired) electrons. The number of hydrogen-bond acceptors (Lipinski definition) is 11. The molecule has 3 saturated heterocycles. The second kappa shape index (κ2) is 13.4. The van der Waals surface area contributed by atoms with E-state index < -0.39 is 44.7 Å². The highest BCUT2D eigenvalue weighted by molar-refractivity contribution is 14.1. The van der Waals surface area contributed by atoms with Crippen LogP contribution in [-0.2, 0) is 0 Å². The van der Waals surface area contributed by atoms with Gasteiger partial charge in [0.15, 0.2) is 27.1 Å². The molecule has 3 fully saturated rings. The maximum atomic E-state index is 17.2. The molecule has 19 heteroatoms. The Kier molecular flexibility index (Phi) is 9.12. The molecule has 0 saturated carbocycles. The monoisotopic (exact) mass is 884 g/mol. The number of urea groups is 1. The fourth-order valence-electron chi connectivity index (χ4n) is 7.96. The number of alkyl halides is 1. The molecule has 4 aliphatic heterocycles. The Bertz CT molecular complexity index is 2270. The first-order chi connectivity index (χ1) is 24.9. The van der Waals surface area contributed by atoms with Crippen LogP contribution in [0.25, 0.3) is 32.1 Å². The minimum Gasteiger partial charge on any atom is -0.461 e. The number of carbonyl (C=O) groups excluding carboxylic acids is 1. The predicted octanol–water partition coefficient (Wildman–Crippen LogP) is 7.77. The van der Waals surface area contributed by atoms with Crippen LogP contribution in [0.3, 0.4) is 0 Å². The Morgan fingerprint density at radius 3 is 2.85 bits per heavy atom. The Balaban J connectivity index is 1.24. The number of nitrogens with two attached hydrogens (primary N) is 1. The van der Waals surface area contributed by atoms with Crippen LogP contribution in [0.2, 0.25) is 5.02 Å². The third-order valence-corrected chi connectivity index (χ3v) is 13.9. The first-order valence-electron chi connectivity index (χ1n) is 16.4. The Labute approximate surface area is 320 Å². The molecular weight excluding hydrogens is 855 g/mol. The van der Waals surface area contributed by atoms with Crippen LogP contribution < -0.4 is 15.4 Å². The summed E-state index contributed by atoms with van der Waals surface area (Å²) in [4.78, 5) is 28.3. The molecule has 52 heavy (non-hydrogen) atoms. The molecule has 272 valence electrons. The van der Waals surface area contributed by atoms with Gasteiger partial charge in [0.25, 0.3) is 0 Å². The van der Waals surface area contributed by atoms with Gasteiger partial charge in [0.1, 0.15) is 41.0 Å². The number of nitrogens with zero attached hydrogens (tertiary/aromatic N) is 9. The SMILES string of the molecule is CC1CC(N(C)C(=O)N2N=C(Cl)N=I2)CN1c1nc(OC[C@@]23CCCN2C[C@H](F)C3)nc2c(F)c(-c3ccc(F)c4sc(N)c(C#N)c34)c(Cl)cc12. The largest absolute Gasteiger partial charge is 0.461 e. The van der Waals surface area contributed by atoms with Crippen molar-refractivity contribution in [2.75, 3.05) is 43.9 Å². The average Bonchev–Trinajstić information content (AvgIpc) is 3.93. The van der Waals surface area contributed by atoms with Crippen LogP contribution in [-0.4, -0.2) is 91.4 Å². The van der Waals surface area contributed by atoms with E-state index in [2.05, 4.69) is 18.1 Å². The van der Waals surface area contributed by atoms with Crippen LogP contribution in [0.1, 0.15) is 38.2 Å². The predicted molar refractivity (Wildman–Crippen MR) is 203 cm³/mol. The fraction of sp³-hybridized carbons (Fsp3) is 0.424. The first kappa shape index (κ1) is 35.5. The van der Waals surface area contributed by atoms with E-state index in [1.165, 1.54) is 15.4 Å². The van der Waals surface area contributed by atoms with Crippen molar-refractivity contribution in [3.63, 3.8) is 0 Å². The first-order valence-corrected chi connectivity index (χ1v) is 19.9. The number of aromatic nitrogens is 2. The standard InChI is InChI=1S/C33H30Cl2F3IN10O2S/c1-15-8-17(46(2)32(50)49-39-44-30(35)45-49)13-48(15)29-19-9-21(34)24(18-4-5-22(37)27-23(18)20(11-40)28(41)52-27)25(38)26(19)42-31(43-29)51-14-33-6-3-7-47(33)12-16(36)10-33/h4-5,9,15-17H,3,6-8,10,12-14,41H2,1-2H3/t15?,16-,17?,33+/m1/s1. The van der Waals surface area contributed by atoms with E-state index in [9.17, 15) is 18.8 Å². The number of rotatable bonds is 6. The van der Waals surface area contributed by atoms with Crippen molar-refractivity contribution in [2.24, 2.45) is 8.25 Å². The number of fused-ring (bicyclic) bond motifs is 3. The molecule has 2 aromatic carbocycles. The second-order valence-electron chi connectivity index (χ2n) is 13.5. The molecular formula is C33H30Cl2F3IN10O2S. The molecule has 4 atom stereocenters. The summed E-state index contributed by atoms with van der Waals surface area (Å²) in [6.07, 6.45) is 1.56. The lowest BCUT2D eigenvalue weighted by atomic mass is 9.95. The fourth-order valence-corrected chi connectivity index (χ4v) is 10.9. The van der Waals surface area contributed by atoms with Gasteiger partial charge in [-0.25, -0.2) is 18.0 Å². The van der Waals surface area contributed by atoms with E-state index in [0.717, 1.165) is 30.7 Å². The zero-order valence-corrected chi connectivity index (χ0v) is 32.2. The summed E-state index contributed by atoms with van der Waals surface area (Å²) in [5, 5.41) is 14.5. The number of nitrogen functional groups attached to an aromatic ring is 1. The van der Waals surface area contributed by atoms with Gasteiger partial charge in [-0.05, 0) is 62.0 Å². The van der Waals surface area contributed by atoms with E-state index >= 15 is 4.39 Å². The quantitative estimate of drug-likeness (QED) is 0.118. The number of benzene rings is 2. The zero-order chi connectivity index (χ0) is 36.6. The van der Waals surface area contributed by atoms with E-state index in [1.807, 2.05) is 17.9 Å². The van der Waals surface area contributed by atoms with Crippen molar-refractivity contribution in [3.8, 4) is 23.2 Å². The number of ether oxygens (including phenoxy) is 1. The summed E-state index contributed by atoms with van der Waals surface area (Å²) in [6, 6.07) is 5.24. The van der Waals surface area contributed by atoms with E-state index in [1.54, 1.807) is 18.0 Å². The highest BCUT2D eigenvalue weighted by Crippen LogP contribution is 2.47. The van der Waals surface area contributed by atoms with Gasteiger partial charge in [-0.1, -0.05) is 17.7 Å². The van der Waals surface area contributed by atoms with Gasteiger partial charge in [-0.15, -0.1) is 19.7 Å². The lowest BCUT2D eigenvalue weighted by Crippen LogP contribution is -2.43. The summed E-state index contributed by atoms with van der Waals surface area (Å²) in [6.45, 7) is 3.51. The summed E-state index contributed by atoms with van der Waals surface area (Å²) in [7, 11) is 1.69. The smallest absolute Gasteiger partial charge is 0.350 e. The summed E-state index contributed by atoms with van der Waals surface area (Å²) in [5.74, 6) is -1.09. The van der Waals surface area contributed by atoms with E-state index in [0.29, 0.717) is 31.7 Å². The molecule has 8 rings (SSSR count). The highest BCUT2D eigenvalue weighted by Gasteiger charge is 2.49. The van der Waals surface area contributed by atoms with Crippen molar-refractivity contribution in [1.82, 2.24) is 23.0 Å². The van der Waals surface area contributed by atoms with Crippen LogP contribution in [0.5, 0.6) is 6.01 Å². The van der Waals surface area contributed by atoms with Crippen molar-refractivity contribution in [2.45, 2.75) is 56.4 Å². The van der Waals surface area contributed by atoms with Gasteiger partial charge in [0.05, 0.1) is 26.9 Å². The van der Waals surface area contributed by atoms with Gasteiger partial charge < -0.3 is 20.3 Å². The highest BCUT2D eigenvalue weighted by atomic mass is 127. The number of halogens is 6. The number of hydrazone groups is 1. The average molecular weight is 886 g/mol. The number of carbonyl (C=O) groups is 1. The van der Waals surface area contributed by atoms with Crippen LogP contribution in [0, 0.1) is 23.0 Å². The van der Waals surface area contributed by atoms with Gasteiger partial charge in [0, 0.05) is 48.9 Å². The topological polar surface area (TPSA) is 140 Å². The number of thiophene rings is 1. The minimum absolute atomic E-state index is 0.0161. The lowest BCUT2D eigenvalue weighted by molar-refractivity contribution is 0.107. The van der Waals surface area contributed by atoms with Gasteiger partial charge in [-0.3, -0.25) is 4.90 Å². The van der Waals surface area contributed by atoms with Crippen molar-refractivity contribution < 1.29 is 22.7 Å². The maximum Gasteiger partial charge on any atom is 0.350 e. The second-order valence-corrected chi connectivity index (χ2v) is 17.1. The Morgan fingerprint density at radius 2 is 2.10 bits per heavy atom. The summed E-state index contributed by atoms with van der Waals surface area (Å²) >= 11 is 12.6. The molecule has 6 heterocycles. The number of likely N-dealkylation sites (N-methyl/N-ethyl adjacent to an activating group) is 1. The van der Waals surface area contributed by atoms with Gasteiger partial charge >= 0.3 is 12.0 Å². The Morgan fingerprint density at radius 1 is 1.29 bits per heavy atom. The lowest BCUT2D eigenvalue weighted by Gasteiger charge is -2.31. The molecule has 12 nitrogen and oxygen atoms in total. The normalized spacial score (nSPS) is 24.4. The molecule has 2 unspecified atom stereocenters. The van der Waals surface area contributed by atoms with Crippen molar-refractivity contribution >= 4 is 99.0 Å². The van der Waals surface area contributed by atoms with Crippen molar-refractivity contribution in [3.05, 3.63) is 40.4 Å². The number of nitriles is 1. The minimum atomic E-state index is -1.06. The molecule has 2 aromatic heterocycles. The molecule has 4 aromatic rings. The molecule has 4 aliphatic rings. The third kappa shape index (κ3) is 5.81. The Hall–Kier alpha value is -3.57. The molecule has 2 amide bonds.